The van der Waals surface area contributed by atoms with Crippen molar-refractivity contribution < 1.29 is 4.84 Å². The predicted octanol–water partition coefficient (Wildman–Crippen LogP) is 2.45. The molecule has 0 aliphatic heterocycles. The monoisotopic (exact) mass is 243 g/mol. The summed E-state index contributed by atoms with van der Waals surface area (Å²) in [5.74, 6) is 2.66. The van der Waals surface area contributed by atoms with Gasteiger partial charge in [0.25, 0.3) is 0 Å². The number of rotatable bonds is 3. The summed E-state index contributed by atoms with van der Waals surface area (Å²) < 4.78 is 0. The standard InChI is InChI=1S/C8H6BrNOS/c9-4-2-5-11-10-7-8-3-1-6-12-8/h1,3,6-7H,5H2/b10-7+. The summed E-state index contributed by atoms with van der Waals surface area (Å²) in [7, 11) is 0. The Morgan fingerprint density at radius 1 is 1.75 bits per heavy atom. The summed E-state index contributed by atoms with van der Waals surface area (Å²) in [6.07, 6.45) is 1.67. The Morgan fingerprint density at radius 2 is 2.67 bits per heavy atom. The van der Waals surface area contributed by atoms with Crippen molar-refractivity contribution in [1.29, 1.82) is 0 Å². The third-order valence-corrected chi connectivity index (χ3v) is 2.09. The summed E-state index contributed by atoms with van der Waals surface area (Å²) in [5, 5.41) is 5.70. The fraction of sp³-hybridized carbons (Fsp3) is 0.125. The third kappa shape index (κ3) is 3.56. The van der Waals surface area contributed by atoms with Crippen LogP contribution in [0.3, 0.4) is 0 Å². The minimum Gasteiger partial charge on any atom is -0.383 e. The zero-order chi connectivity index (χ0) is 8.65. The molecular formula is C8H6BrNOS. The molecule has 0 N–H and O–H groups in total. The number of thiophene rings is 1. The van der Waals surface area contributed by atoms with E-state index in [9.17, 15) is 0 Å². The summed E-state index contributed by atoms with van der Waals surface area (Å²) in [5.41, 5.74) is 0. The first-order chi connectivity index (χ1) is 5.93. The molecule has 1 aromatic heterocycles. The molecule has 1 heterocycles. The number of nitrogens with zero attached hydrogens (tertiary/aromatic N) is 1. The Hall–Kier alpha value is -0.790. The Morgan fingerprint density at radius 3 is 3.33 bits per heavy atom. The van der Waals surface area contributed by atoms with Crippen LogP contribution < -0.4 is 0 Å². The Bertz CT molecular complexity index is 297. The van der Waals surface area contributed by atoms with Crippen molar-refractivity contribution in [2.45, 2.75) is 0 Å². The van der Waals surface area contributed by atoms with Crippen LogP contribution in [-0.2, 0) is 4.84 Å². The second kappa shape index (κ2) is 5.81. The van der Waals surface area contributed by atoms with Gasteiger partial charge in [0.15, 0.2) is 6.61 Å². The molecule has 0 aliphatic rings. The topological polar surface area (TPSA) is 21.6 Å². The zero-order valence-corrected chi connectivity index (χ0v) is 8.56. The van der Waals surface area contributed by atoms with Crippen LogP contribution in [0, 0.1) is 10.8 Å². The van der Waals surface area contributed by atoms with E-state index in [1.165, 1.54) is 0 Å². The summed E-state index contributed by atoms with van der Waals surface area (Å²) >= 11 is 4.56. The second-order valence-corrected chi connectivity index (χ2v) is 3.17. The van der Waals surface area contributed by atoms with Gasteiger partial charge in [0, 0.05) is 20.8 Å². The van der Waals surface area contributed by atoms with Crippen molar-refractivity contribution in [1.82, 2.24) is 0 Å². The average Bonchev–Trinajstić information content (AvgIpc) is 2.57. The molecule has 0 aliphatic carbocycles. The van der Waals surface area contributed by atoms with Crippen molar-refractivity contribution >= 4 is 33.5 Å². The van der Waals surface area contributed by atoms with Gasteiger partial charge in [0.05, 0.1) is 6.21 Å². The van der Waals surface area contributed by atoms with Gasteiger partial charge in [-0.25, -0.2) is 0 Å². The van der Waals surface area contributed by atoms with Crippen LogP contribution in [0.5, 0.6) is 0 Å². The zero-order valence-electron chi connectivity index (χ0n) is 6.16. The fourth-order valence-corrected chi connectivity index (χ4v) is 1.24. The lowest BCUT2D eigenvalue weighted by Crippen LogP contribution is -1.82. The average molecular weight is 244 g/mol. The van der Waals surface area contributed by atoms with Crippen molar-refractivity contribution in [3.05, 3.63) is 22.4 Å². The molecule has 4 heteroatoms. The molecule has 0 atom stereocenters. The number of hydrogen-bond acceptors (Lipinski definition) is 3. The Labute approximate surface area is 83.4 Å². The lowest BCUT2D eigenvalue weighted by molar-refractivity contribution is 0.182. The van der Waals surface area contributed by atoms with E-state index in [0.29, 0.717) is 6.61 Å². The molecule has 2 nitrogen and oxygen atoms in total. The number of halogens is 1. The molecule has 0 unspecified atom stereocenters. The van der Waals surface area contributed by atoms with Gasteiger partial charge in [-0.2, -0.15) is 0 Å². The van der Waals surface area contributed by atoms with Crippen molar-refractivity contribution in [2.75, 3.05) is 6.61 Å². The van der Waals surface area contributed by atoms with Gasteiger partial charge in [-0.3, -0.25) is 0 Å². The van der Waals surface area contributed by atoms with E-state index in [4.69, 9.17) is 4.84 Å². The first kappa shape index (κ1) is 9.30. The van der Waals surface area contributed by atoms with Gasteiger partial charge in [-0.15, -0.1) is 11.3 Å². The highest BCUT2D eigenvalue weighted by Crippen LogP contribution is 2.04. The normalized spacial score (nSPS) is 9.42. The highest BCUT2D eigenvalue weighted by atomic mass is 79.9. The molecule has 0 spiro atoms. The van der Waals surface area contributed by atoms with Crippen LogP contribution >= 0.6 is 27.3 Å². The highest BCUT2D eigenvalue weighted by Gasteiger charge is 1.84. The quantitative estimate of drug-likeness (QED) is 0.346. The minimum absolute atomic E-state index is 0.313. The predicted molar refractivity (Wildman–Crippen MR) is 54.6 cm³/mol. The van der Waals surface area contributed by atoms with Gasteiger partial charge in [0.1, 0.15) is 0 Å². The highest BCUT2D eigenvalue weighted by molar-refractivity contribution is 9.12. The van der Waals surface area contributed by atoms with E-state index in [1.54, 1.807) is 17.6 Å². The maximum Gasteiger partial charge on any atom is 0.178 e. The van der Waals surface area contributed by atoms with E-state index >= 15 is 0 Å². The van der Waals surface area contributed by atoms with Crippen LogP contribution in [0.2, 0.25) is 0 Å². The Kier molecular flexibility index (Phi) is 4.50. The SMILES string of the molecule is BrC#CCO/N=C/c1cccs1. The van der Waals surface area contributed by atoms with Gasteiger partial charge in [0.2, 0.25) is 0 Å². The summed E-state index contributed by atoms with van der Waals surface area (Å²) in [6, 6.07) is 3.93. The molecule has 62 valence electrons. The molecular weight excluding hydrogens is 238 g/mol. The molecule has 0 aromatic carbocycles. The first-order valence-electron chi connectivity index (χ1n) is 3.21. The molecule has 0 saturated carbocycles. The van der Waals surface area contributed by atoms with Crippen molar-refractivity contribution in [3.63, 3.8) is 0 Å². The second-order valence-electron chi connectivity index (χ2n) is 1.79. The van der Waals surface area contributed by atoms with Crippen LogP contribution in [-0.4, -0.2) is 12.8 Å². The first-order valence-corrected chi connectivity index (χ1v) is 4.88. The van der Waals surface area contributed by atoms with Crippen LogP contribution in [0.25, 0.3) is 0 Å². The largest absolute Gasteiger partial charge is 0.383 e. The summed E-state index contributed by atoms with van der Waals surface area (Å²) in [4.78, 5) is 8.42. The molecule has 0 bridgehead atoms. The lowest BCUT2D eigenvalue weighted by Gasteiger charge is -1.87. The molecule has 0 saturated heterocycles. The van der Waals surface area contributed by atoms with E-state index < -0.39 is 0 Å². The Balaban J connectivity index is 2.26. The van der Waals surface area contributed by atoms with Crippen molar-refractivity contribution in [3.8, 4) is 10.8 Å². The van der Waals surface area contributed by atoms with Crippen LogP contribution in [0.4, 0.5) is 0 Å². The molecule has 0 fully saturated rings. The maximum absolute atomic E-state index is 4.82. The third-order valence-electron chi connectivity index (χ3n) is 1.00. The minimum atomic E-state index is 0.313. The van der Waals surface area contributed by atoms with E-state index in [-0.39, 0.29) is 0 Å². The molecule has 0 radical (unpaired) electrons. The maximum atomic E-state index is 4.82. The van der Waals surface area contributed by atoms with Crippen LogP contribution in [0.15, 0.2) is 22.7 Å². The molecule has 0 amide bonds. The number of oxime groups is 1. The molecule has 12 heavy (non-hydrogen) atoms. The van der Waals surface area contributed by atoms with Gasteiger partial charge < -0.3 is 4.84 Å². The smallest absolute Gasteiger partial charge is 0.178 e. The van der Waals surface area contributed by atoms with Gasteiger partial charge in [-0.1, -0.05) is 11.2 Å². The summed E-state index contributed by atoms with van der Waals surface area (Å²) in [6.45, 7) is 0.313. The number of hydrogen-bond donors (Lipinski definition) is 0. The fourth-order valence-electron chi connectivity index (χ4n) is 0.551. The van der Waals surface area contributed by atoms with E-state index in [0.717, 1.165) is 4.88 Å². The van der Waals surface area contributed by atoms with Crippen LogP contribution in [0.1, 0.15) is 4.88 Å². The van der Waals surface area contributed by atoms with E-state index in [2.05, 4.69) is 31.8 Å². The molecule has 1 aromatic rings. The van der Waals surface area contributed by atoms with Gasteiger partial charge >= 0.3 is 0 Å². The molecule has 1 rings (SSSR count). The van der Waals surface area contributed by atoms with E-state index in [1.807, 2.05) is 17.5 Å². The van der Waals surface area contributed by atoms with Crippen molar-refractivity contribution in [2.24, 2.45) is 5.16 Å². The lowest BCUT2D eigenvalue weighted by atomic mass is 10.5. The van der Waals surface area contributed by atoms with Gasteiger partial charge in [-0.05, 0) is 22.2 Å².